The maximum atomic E-state index is 12.0. The van der Waals surface area contributed by atoms with Crippen LogP contribution < -0.4 is 15.5 Å². The van der Waals surface area contributed by atoms with Crippen molar-refractivity contribution in [2.75, 3.05) is 25.0 Å². The van der Waals surface area contributed by atoms with Gasteiger partial charge in [-0.2, -0.15) is 0 Å². The first-order valence-electron chi connectivity index (χ1n) is 7.13. The van der Waals surface area contributed by atoms with Crippen LogP contribution in [0.15, 0.2) is 29.3 Å². The molecule has 1 saturated carbocycles. The van der Waals surface area contributed by atoms with E-state index < -0.39 is 0 Å². The van der Waals surface area contributed by atoms with Gasteiger partial charge in [0.2, 0.25) is 5.91 Å². The van der Waals surface area contributed by atoms with Crippen LogP contribution in [-0.4, -0.2) is 38.0 Å². The number of guanidine groups is 1. The number of hydrogen-bond donors (Lipinski definition) is 2. The molecule has 20 heavy (non-hydrogen) atoms. The normalized spacial score (nSPS) is 18.1. The molecule has 0 spiro atoms. The molecule has 0 bridgehead atoms. The number of carbonyl (C=O) groups excluding carboxylic acids is 1. The standard InChI is InChI=1S/C15H20N4O/c1-16-15(18-12-6-7-12)17-8-9-19-13-5-3-2-4-11(13)10-14(19)20/h2-5,12H,6-10H2,1H3,(H2,16,17,18). The number of nitrogens with zero attached hydrogens (tertiary/aromatic N) is 2. The topological polar surface area (TPSA) is 56.7 Å². The number of anilines is 1. The van der Waals surface area contributed by atoms with Crippen molar-refractivity contribution in [1.29, 1.82) is 0 Å². The van der Waals surface area contributed by atoms with Gasteiger partial charge < -0.3 is 15.5 Å². The minimum Gasteiger partial charge on any atom is -0.355 e. The highest BCUT2D eigenvalue weighted by molar-refractivity contribution is 6.01. The summed E-state index contributed by atoms with van der Waals surface area (Å²) in [6.07, 6.45) is 2.96. The van der Waals surface area contributed by atoms with Crippen LogP contribution in [-0.2, 0) is 11.2 Å². The molecule has 2 N–H and O–H groups in total. The molecule has 1 amide bonds. The zero-order valence-electron chi connectivity index (χ0n) is 11.7. The smallest absolute Gasteiger partial charge is 0.231 e. The first kappa shape index (κ1) is 13.0. The number of nitrogens with one attached hydrogen (secondary N) is 2. The molecule has 5 heteroatoms. The van der Waals surface area contributed by atoms with Crippen LogP contribution in [0, 0.1) is 0 Å². The maximum absolute atomic E-state index is 12.0. The lowest BCUT2D eigenvalue weighted by Gasteiger charge is -2.19. The predicted octanol–water partition coefficient (Wildman–Crippen LogP) is 0.903. The molecule has 0 radical (unpaired) electrons. The summed E-state index contributed by atoms with van der Waals surface area (Å²) in [7, 11) is 1.77. The van der Waals surface area contributed by atoms with Gasteiger partial charge in [0.05, 0.1) is 6.42 Å². The third-order valence-electron chi connectivity index (χ3n) is 3.69. The Labute approximate surface area is 119 Å². The van der Waals surface area contributed by atoms with E-state index >= 15 is 0 Å². The fourth-order valence-electron chi connectivity index (χ4n) is 2.46. The number of aliphatic imine (C=N–C) groups is 1. The highest BCUT2D eigenvalue weighted by atomic mass is 16.2. The molecule has 2 aliphatic rings. The first-order valence-corrected chi connectivity index (χ1v) is 7.13. The van der Waals surface area contributed by atoms with Gasteiger partial charge in [-0.25, -0.2) is 0 Å². The summed E-state index contributed by atoms with van der Waals surface area (Å²) < 4.78 is 0. The monoisotopic (exact) mass is 272 g/mol. The van der Waals surface area contributed by atoms with Crippen LogP contribution in [0.3, 0.4) is 0 Å². The summed E-state index contributed by atoms with van der Waals surface area (Å²) in [5.41, 5.74) is 2.17. The van der Waals surface area contributed by atoms with E-state index in [1.54, 1.807) is 7.05 Å². The molecule has 5 nitrogen and oxygen atoms in total. The Bertz CT molecular complexity index is 536. The zero-order valence-corrected chi connectivity index (χ0v) is 11.7. The lowest BCUT2D eigenvalue weighted by molar-refractivity contribution is -0.117. The average Bonchev–Trinajstić information content (AvgIpc) is 3.21. The van der Waals surface area contributed by atoms with Gasteiger partial charge in [-0.15, -0.1) is 0 Å². The molecule has 1 aliphatic heterocycles. The summed E-state index contributed by atoms with van der Waals surface area (Å²) in [6.45, 7) is 1.37. The highest BCUT2D eigenvalue weighted by Crippen LogP contribution is 2.27. The van der Waals surface area contributed by atoms with Crippen molar-refractivity contribution in [1.82, 2.24) is 10.6 Å². The van der Waals surface area contributed by atoms with Crippen molar-refractivity contribution in [2.45, 2.75) is 25.3 Å². The minimum atomic E-state index is 0.179. The van der Waals surface area contributed by atoms with Crippen LogP contribution in [0.5, 0.6) is 0 Å². The van der Waals surface area contributed by atoms with E-state index in [1.165, 1.54) is 12.8 Å². The van der Waals surface area contributed by atoms with Crippen molar-refractivity contribution in [3.8, 4) is 0 Å². The van der Waals surface area contributed by atoms with Gasteiger partial charge in [0.25, 0.3) is 0 Å². The Hall–Kier alpha value is -2.04. The first-order chi connectivity index (χ1) is 9.78. The minimum absolute atomic E-state index is 0.179. The number of fused-ring (bicyclic) bond motifs is 1. The van der Waals surface area contributed by atoms with E-state index in [0.717, 1.165) is 17.2 Å². The van der Waals surface area contributed by atoms with Crippen LogP contribution in [0.4, 0.5) is 5.69 Å². The van der Waals surface area contributed by atoms with Gasteiger partial charge in [-0.05, 0) is 24.5 Å². The lowest BCUT2D eigenvalue weighted by Crippen LogP contribution is -2.43. The van der Waals surface area contributed by atoms with Crippen molar-refractivity contribution in [2.24, 2.45) is 4.99 Å². The summed E-state index contributed by atoms with van der Waals surface area (Å²) in [5.74, 6) is 1.01. The third kappa shape index (κ3) is 2.76. The number of para-hydroxylation sites is 1. The van der Waals surface area contributed by atoms with E-state index in [9.17, 15) is 4.79 Å². The Balaban J connectivity index is 1.54. The predicted molar refractivity (Wildman–Crippen MR) is 80.0 cm³/mol. The summed E-state index contributed by atoms with van der Waals surface area (Å²) in [6, 6.07) is 8.57. The van der Waals surface area contributed by atoms with Crippen LogP contribution in [0.25, 0.3) is 0 Å². The molecule has 0 saturated heterocycles. The van der Waals surface area contributed by atoms with E-state index in [1.807, 2.05) is 29.2 Å². The second-order valence-electron chi connectivity index (χ2n) is 5.27. The zero-order chi connectivity index (χ0) is 13.9. The molecule has 0 unspecified atom stereocenters. The van der Waals surface area contributed by atoms with Crippen molar-refractivity contribution in [3.05, 3.63) is 29.8 Å². The Morgan fingerprint density at radius 3 is 2.95 bits per heavy atom. The number of amides is 1. The molecule has 3 rings (SSSR count). The lowest BCUT2D eigenvalue weighted by atomic mass is 10.2. The largest absolute Gasteiger partial charge is 0.355 e. The Kier molecular flexibility index (Phi) is 3.58. The number of carbonyl (C=O) groups is 1. The summed E-state index contributed by atoms with van der Waals surface area (Å²) in [5, 5.41) is 6.60. The SMILES string of the molecule is CN=C(NCCN1C(=O)Cc2ccccc21)NC1CC1. The number of benzene rings is 1. The molecular formula is C15H20N4O. The van der Waals surface area contributed by atoms with Crippen LogP contribution in [0.1, 0.15) is 18.4 Å². The van der Waals surface area contributed by atoms with Gasteiger partial charge in [-0.1, -0.05) is 18.2 Å². The van der Waals surface area contributed by atoms with Gasteiger partial charge >= 0.3 is 0 Å². The van der Waals surface area contributed by atoms with Gasteiger partial charge in [0.1, 0.15) is 0 Å². The highest BCUT2D eigenvalue weighted by Gasteiger charge is 2.26. The van der Waals surface area contributed by atoms with Crippen LogP contribution in [0.2, 0.25) is 0 Å². The molecule has 1 fully saturated rings. The molecular weight excluding hydrogens is 252 g/mol. The molecule has 1 aromatic rings. The molecule has 1 aromatic carbocycles. The number of rotatable bonds is 4. The second kappa shape index (κ2) is 5.53. The van der Waals surface area contributed by atoms with Gasteiger partial charge in [0.15, 0.2) is 5.96 Å². The quantitative estimate of drug-likeness (QED) is 0.632. The van der Waals surface area contributed by atoms with E-state index in [2.05, 4.69) is 15.6 Å². The molecule has 0 atom stereocenters. The van der Waals surface area contributed by atoms with E-state index in [-0.39, 0.29) is 5.91 Å². The van der Waals surface area contributed by atoms with Crippen LogP contribution >= 0.6 is 0 Å². The average molecular weight is 272 g/mol. The maximum Gasteiger partial charge on any atom is 0.231 e. The third-order valence-corrected chi connectivity index (χ3v) is 3.69. The van der Waals surface area contributed by atoms with Gasteiger partial charge in [0, 0.05) is 31.9 Å². The summed E-state index contributed by atoms with van der Waals surface area (Å²) >= 11 is 0. The molecule has 106 valence electrons. The van der Waals surface area contributed by atoms with Crippen molar-refractivity contribution < 1.29 is 4.79 Å². The fraction of sp³-hybridized carbons (Fsp3) is 0.467. The van der Waals surface area contributed by atoms with E-state index in [4.69, 9.17) is 0 Å². The molecule has 1 aliphatic carbocycles. The molecule has 0 aromatic heterocycles. The van der Waals surface area contributed by atoms with Crippen molar-refractivity contribution >= 4 is 17.6 Å². The van der Waals surface area contributed by atoms with Crippen molar-refractivity contribution in [3.63, 3.8) is 0 Å². The summed E-state index contributed by atoms with van der Waals surface area (Å²) in [4.78, 5) is 18.1. The molecule has 1 heterocycles. The van der Waals surface area contributed by atoms with Gasteiger partial charge in [-0.3, -0.25) is 9.79 Å². The Morgan fingerprint density at radius 2 is 2.20 bits per heavy atom. The number of hydrogen-bond acceptors (Lipinski definition) is 2. The fourth-order valence-corrected chi connectivity index (χ4v) is 2.46. The van der Waals surface area contributed by atoms with E-state index in [0.29, 0.717) is 25.6 Å². The second-order valence-corrected chi connectivity index (χ2v) is 5.27. The Morgan fingerprint density at radius 1 is 1.40 bits per heavy atom.